The van der Waals surface area contributed by atoms with Gasteiger partial charge < -0.3 is 15.0 Å². The summed E-state index contributed by atoms with van der Waals surface area (Å²) < 4.78 is 53.4. The van der Waals surface area contributed by atoms with Gasteiger partial charge in [-0.3, -0.25) is 9.78 Å². The van der Waals surface area contributed by atoms with E-state index in [0.29, 0.717) is 5.56 Å². The molecule has 2 aromatic heterocycles. The first-order valence-electron chi connectivity index (χ1n) is 8.01. The number of alkyl halides is 3. The first kappa shape index (κ1) is 19.5. The number of carbonyl (C=O) groups is 1. The molecule has 0 unspecified atom stereocenters. The minimum Gasteiger partial charge on any atom is -0.390 e. The summed E-state index contributed by atoms with van der Waals surface area (Å²) in [6.45, 7) is -0.470. The fourth-order valence-corrected chi connectivity index (χ4v) is 2.46. The second-order valence-corrected chi connectivity index (χ2v) is 5.89. The van der Waals surface area contributed by atoms with Crippen molar-refractivity contribution in [2.75, 3.05) is 5.32 Å². The largest absolute Gasteiger partial charge is 0.416 e. The fourth-order valence-electron chi connectivity index (χ4n) is 2.46. The molecule has 0 saturated heterocycles. The van der Waals surface area contributed by atoms with Crippen molar-refractivity contribution in [3.63, 3.8) is 0 Å². The van der Waals surface area contributed by atoms with Gasteiger partial charge in [-0.15, -0.1) is 0 Å². The Morgan fingerprint density at radius 1 is 1.21 bits per heavy atom. The van der Waals surface area contributed by atoms with E-state index in [2.05, 4.69) is 15.3 Å². The summed E-state index contributed by atoms with van der Waals surface area (Å²) in [5.74, 6) is -1.34. The van der Waals surface area contributed by atoms with E-state index in [1.54, 1.807) is 6.07 Å². The lowest BCUT2D eigenvalue weighted by molar-refractivity contribution is -0.137. The number of halogens is 4. The average Bonchev–Trinajstić information content (AvgIpc) is 3.08. The summed E-state index contributed by atoms with van der Waals surface area (Å²) in [6, 6.07) is 5.82. The van der Waals surface area contributed by atoms with Crippen molar-refractivity contribution in [2.45, 2.75) is 19.3 Å². The van der Waals surface area contributed by atoms with Gasteiger partial charge in [0.1, 0.15) is 11.5 Å². The van der Waals surface area contributed by atoms with Crippen LogP contribution in [-0.4, -0.2) is 25.5 Å². The number of imidazole rings is 1. The van der Waals surface area contributed by atoms with E-state index < -0.39 is 30.1 Å². The highest BCUT2D eigenvalue weighted by atomic mass is 19.4. The number of carbonyl (C=O) groups excluding carboxylic acids is 1. The van der Waals surface area contributed by atoms with Gasteiger partial charge in [0.25, 0.3) is 5.91 Å². The Kier molecular flexibility index (Phi) is 5.41. The molecule has 0 atom stereocenters. The third-order valence-corrected chi connectivity index (χ3v) is 3.82. The second kappa shape index (κ2) is 7.77. The number of hydrogen-bond donors (Lipinski definition) is 2. The minimum atomic E-state index is -4.43. The first-order chi connectivity index (χ1) is 13.3. The molecule has 0 radical (unpaired) electrons. The van der Waals surface area contributed by atoms with Crippen LogP contribution in [0.2, 0.25) is 0 Å². The molecule has 0 fully saturated rings. The monoisotopic (exact) mass is 394 g/mol. The van der Waals surface area contributed by atoms with Gasteiger partial charge in [-0.25, -0.2) is 9.37 Å². The molecule has 0 bridgehead atoms. The number of hydrogen-bond acceptors (Lipinski definition) is 4. The summed E-state index contributed by atoms with van der Waals surface area (Å²) in [5, 5.41) is 11.3. The van der Waals surface area contributed by atoms with Gasteiger partial charge >= 0.3 is 6.18 Å². The molecule has 10 heteroatoms. The summed E-state index contributed by atoms with van der Waals surface area (Å²) in [6.07, 6.45) is -0.532. The number of benzene rings is 1. The van der Waals surface area contributed by atoms with Crippen LogP contribution in [-0.2, 0) is 19.3 Å². The Labute approximate surface area is 156 Å². The molecule has 1 aromatic carbocycles. The molecule has 0 aliphatic heterocycles. The van der Waals surface area contributed by atoms with Crippen LogP contribution in [0, 0.1) is 5.82 Å². The van der Waals surface area contributed by atoms with Crippen molar-refractivity contribution >= 4 is 11.7 Å². The molecule has 0 saturated carbocycles. The maximum atomic E-state index is 13.6. The van der Waals surface area contributed by atoms with E-state index in [1.807, 2.05) is 0 Å². The Balaban J connectivity index is 1.69. The Hall–Kier alpha value is -3.27. The molecule has 2 heterocycles. The summed E-state index contributed by atoms with van der Waals surface area (Å²) in [7, 11) is 0. The van der Waals surface area contributed by atoms with E-state index in [9.17, 15) is 22.4 Å². The lowest BCUT2D eigenvalue weighted by Gasteiger charge is -2.09. The van der Waals surface area contributed by atoms with Gasteiger partial charge in [-0.1, -0.05) is 12.1 Å². The molecule has 3 rings (SSSR count). The zero-order valence-corrected chi connectivity index (χ0v) is 14.2. The molecule has 1 amide bonds. The number of nitrogens with one attached hydrogen (secondary N) is 1. The van der Waals surface area contributed by atoms with Crippen molar-refractivity contribution < 1.29 is 27.5 Å². The third kappa shape index (κ3) is 4.52. The van der Waals surface area contributed by atoms with Crippen LogP contribution in [0.4, 0.5) is 23.4 Å². The van der Waals surface area contributed by atoms with Crippen molar-refractivity contribution in [2.24, 2.45) is 0 Å². The van der Waals surface area contributed by atoms with Crippen molar-refractivity contribution in [1.29, 1.82) is 0 Å². The molecule has 0 aliphatic carbocycles. The first-order valence-corrected chi connectivity index (χ1v) is 8.01. The second-order valence-electron chi connectivity index (χ2n) is 5.89. The smallest absolute Gasteiger partial charge is 0.390 e. The minimum absolute atomic E-state index is 0.0675. The SMILES string of the molecule is O=C(Nc1cn(Cc2cccc(C(F)(F)F)c2)cn1)c1cnc(CO)c(F)c1. The predicted octanol–water partition coefficient (Wildman–Crippen LogP) is 3.23. The van der Waals surface area contributed by atoms with Gasteiger partial charge in [0.15, 0.2) is 5.82 Å². The van der Waals surface area contributed by atoms with Crippen LogP contribution in [0.3, 0.4) is 0 Å². The summed E-state index contributed by atoms with van der Waals surface area (Å²) >= 11 is 0. The zero-order valence-electron chi connectivity index (χ0n) is 14.2. The van der Waals surface area contributed by atoms with E-state index in [4.69, 9.17) is 5.11 Å². The Morgan fingerprint density at radius 3 is 2.68 bits per heavy atom. The lowest BCUT2D eigenvalue weighted by Crippen LogP contribution is -2.13. The molecule has 0 spiro atoms. The predicted molar refractivity (Wildman–Crippen MR) is 90.8 cm³/mol. The molecule has 0 aliphatic rings. The number of pyridine rings is 1. The van der Waals surface area contributed by atoms with E-state index in [1.165, 1.54) is 23.2 Å². The van der Waals surface area contributed by atoms with Gasteiger partial charge in [0.05, 0.1) is 24.1 Å². The number of rotatable bonds is 5. The molecular weight excluding hydrogens is 380 g/mol. The van der Waals surface area contributed by atoms with Crippen LogP contribution in [0.25, 0.3) is 0 Å². The van der Waals surface area contributed by atoms with Crippen LogP contribution in [0.5, 0.6) is 0 Å². The molecule has 6 nitrogen and oxygen atoms in total. The van der Waals surface area contributed by atoms with E-state index in [0.717, 1.165) is 24.4 Å². The van der Waals surface area contributed by atoms with Crippen molar-refractivity contribution in [3.8, 4) is 0 Å². The zero-order chi connectivity index (χ0) is 20.3. The molecule has 3 aromatic rings. The number of aliphatic hydroxyl groups is 1. The van der Waals surface area contributed by atoms with Crippen molar-refractivity contribution in [1.82, 2.24) is 14.5 Å². The maximum absolute atomic E-state index is 13.6. The number of aromatic nitrogens is 3. The van der Waals surface area contributed by atoms with Crippen LogP contribution >= 0.6 is 0 Å². The molecule has 146 valence electrons. The highest BCUT2D eigenvalue weighted by Crippen LogP contribution is 2.29. The van der Waals surface area contributed by atoms with E-state index in [-0.39, 0.29) is 23.6 Å². The van der Waals surface area contributed by atoms with Gasteiger partial charge in [-0.2, -0.15) is 13.2 Å². The Morgan fingerprint density at radius 2 is 2.00 bits per heavy atom. The quantitative estimate of drug-likeness (QED) is 0.652. The number of amides is 1. The highest BCUT2D eigenvalue weighted by molar-refractivity contribution is 6.03. The summed E-state index contributed by atoms with van der Waals surface area (Å²) in [5.41, 5.74) is -0.584. The number of anilines is 1. The average molecular weight is 394 g/mol. The van der Waals surface area contributed by atoms with Crippen LogP contribution < -0.4 is 5.32 Å². The van der Waals surface area contributed by atoms with E-state index >= 15 is 0 Å². The van der Waals surface area contributed by atoms with Crippen molar-refractivity contribution in [3.05, 3.63) is 77.3 Å². The van der Waals surface area contributed by atoms with Gasteiger partial charge in [0, 0.05) is 18.9 Å². The standard InChI is InChI=1S/C18H14F4N4O2/c19-14-5-12(6-23-15(14)9-27)17(28)25-16-8-26(10-24-16)7-11-2-1-3-13(4-11)18(20,21)22/h1-6,8,10,27H,7,9H2,(H,25,28). The fraction of sp³-hybridized carbons (Fsp3) is 0.167. The molecule has 2 N–H and O–H groups in total. The number of aliphatic hydroxyl groups excluding tert-OH is 1. The Bertz CT molecular complexity index is 1000. The van der Waals surface area contributed by atoms with Crippen LogP contribution in [0.15, 0.2) is 49.1 Å². The van der Waals surface area contributed by atoms with Crippen LogP contribution in [0.1, 0.15) is 27.2 Å². The topological polar surface area (TPSA) is 80.0 Å². The summed E-state index contributed by atoms with van der Waals surface area (Å²) in [4.78, 5) is 19.7. The van der Waals surface area contributed by atoms with Gasteiger partial charge in [0.2, 0.25) is 0 Å². The van der Waals surface area contributed by atoms with Gasteiger partial charge in [-0.05, 0) is 23.8 Å². The maximum Gasteiger partial charge on any atom is 0.416 e. The highest BCUT2D eigenvalue weighted by Gasteiger charge is 2.30. The normalized spacial score (nSPS) is 11.5. The molecule has 28 heavy (non-hydrogen) atoms. The lowest BCUT2D eigenvalue weighted by atomic mass is 10.1. The molecular formula is C18H14F4N4O2. The number of nitrogens with zero attached hydrogens (tertiary/aromatic N) is 3. The third-order valence-electron chi connectivity index (χ3n) is 3.82.